The first-order valence-electron chi connectivity index (χ1n) is 8.33. The predicted molar refractivity (Wildman–Crippen MR) is 94.8 cm³/mol. The van der Waals surface area contributed by atoms with Crippen molar-refractivity contribution >= 4 is 16.7 Å². The van der Waals surface area contributed by atoms with E-state index in [4.69, 9.17) is 14.7 Å². The van der Waals surface area contributed by atoms with Gasteiger partial charge in [-0.15, -0.1) is 0 Å². The zero-order chi connectivity index (χ0) is 16.4. The van der Waals surface area contributed by atoms with E-state index in [1.165, 1.54) is 0 Å². The van der Waals surface area contributed by atoms with Crippen LogP contribution in [0.5, 0.6) is 0 Å². The molecule has 0 radical (unpaired) electrons. The highest BCUT2D eigenvalue weighted by molar-refractivity contribution is 5.90. The summed E-state index contributed by atoms with van der Waals surface area (Å²) in [5.74, 6) is 1.56. The summed E-state index contributed by atoms with van der Waals surface area (Å²) in [6, 6.07) is 12.0. The largest absolute Gasteiger partial charge is 0.379 e. The Morgan fingerprint density at radius 1 is 1.17 bits per heavy atom. The zero-order valence-electron chi connectivity index (χ0n) is 13.7. The number of para-hydroxylation sites is 1. The summed E-state index contributed by atoms with van der Waals surface area (Å²) >= 11 is 0. The number of ether oxygens (including phenoxy) is 1. The Morgan fingerprint density at radius 2 is 2.08 bits per heavy atom. The number of fused-ring (bicyclic) bond motifs is 1. The van der Waals surface area contributed by atoms with Crippen molar-refractivity contribution in [1.82, 2.24) is 15.0 Å². The fourth-order valence-electron chi connectivity index (χ4n) is 3.12. The van der Waals surface area contributed by atoms with Crippen LogP contribution in [0.3, 0.4) is 0 Å². The monoisotopic (exact) mass is 320 g/mol. The van der Waals surface area contributed by atoms with E-state index in [-0.39, 0.29) is 5.54 Å². The Labute approximate surface area is 141 Å². The molecule has 0 aliphatic carbocycles. The molecule has 5 heteroatoms. The van der Waals surface area contributed by atoms with Crippen molar-refractivity contribution in [3.63, 3.8) is 0 Å². The van der Waals surface area contributed by atoms with Gasteiger partial charge in [0.05, 0.1) is 17.7 Å². The molecule has 0 bridgehead atoms. The van der Waals surface area contributed by atoms with E-state index in [0.29, 0.717) is 12.4 Å². The van der Waals surface area contributed by atoms with Crippen LogP contribution in [-0.2, 0) is 4.74 Å². The third kappa shape index (κ3) is 2.71. The average Bonchev–Trinajstić information content (AvgIpc) is 3.11. The van der Waals surface area contributed by atoms with Gasteiger partial charge in [-0.25, -0.2) is 9.97 Å². The second kappa shape index (κ2) is 6.17. The first kappa shape index (κ1) is 15.0. The standard InChI is InChI=1S/C19H20N4O/c1-2-19(9-11-24-13-19)23-18-15-7-3-4-8-16(15)21-17(22-18)14-6-5-10-20-12-14/h3-8,10,12H,2,9,11,13H2,1H3,(H,21,22,23). The van der Waals surface area contributed by atoms with E-state index in [0.717, 1.165) is 41.7 Å². The van der Waals surface area contributed by atoms with Gasteiger partial charge in [0, 0.05) is 30.0 Å². The summed E-state index contributed by atoms with van der Waals surface area (Å²) < 4.78 is 5.63. The number of nitrogens with one attached hydrogen (secondary N) is 1. The summed E-state index contributed by atoms with van der Waals surface area (Å²) in [6.45, 7) is 3.69. The molecule has 1 aliphatic heterocycles. The number of anilines is 1. The normalized spacial score (nSPS) is 20.4. The number of rotatable bonds is 4. The lowest BCUT2D eigenvalue weighted by atomic mass is 9.95. The predicted octanol–water partition coefficient (Wildman–Crippen LogP) is 3.67. The van der Waals surface area contributed by atoms with Crippen LogP contribution in [0.1, 0.15) is 19.8 Å². The molecule has 1 N–H and O–H groups in total. The van der Waals surface area contributed by atoms with Crippen molar-refractivity contribution in [2.45, 2.75) is 25.3 Å². The van der Waals surface area contributed by atoms with Crippen molar-refractivity contribution in [3.05, 3.63) is 48.8 Å². The molecular formula is C19H20N4O. The van der Waals surface area contributed by atoms with Gasteiger partial charge in [0.2, 0.25) is 0 Å². The van der Waals surface area contributed by atoms with Gasteiger partial charge in [-0.3, -0.25) is 4.98 Å². The molecule has 1 saturated heterocycles. The summed E-state index contributed by atoms with van der Waals surface area (Å²) in [5.41, 5.74) is 1.79. The summed E-state index contributed by atoms with van der Waals surface area (Å²) in [6.07, 6.45) is 5.53. The van der Waals surface area contributed by atoms with Crippen LogP contribution in [-0.4, -0.2) is 33.7 Å². The lowest BCUT2D eigenvalue weighted by Crippen LogP contribution is -2.38. The van der Waals surface area contributed by atoms with Crippen LogP contribution < -0.4 is 5.32 Å². The third-order valence-electron chi connectivity index (χ3n) is 4.69. The van der Waals surface area contributed by atoms with Gasteiger partial charge in [0.1, 0.15) is 5.82 Å². The first-order valence-corrected chi connectivity index (χ1v) is 8.33. The van der Waals surface area contributed by atoms with Crippen molar-refractivity contribution in [2.75, 3.05) is 18.5 Å². The number of benzene rings is 1. The molecule has 122 valence electrons. The minimum atomic E-state index is -0.0522. The van der Waals surface area contributed by atoms with E-state index in [2.05, 4.69) is 23.3 Å². The Hall–Kier alpha value is -2.53. The number of hydrogen-bond donors (Lipinski definition) is 1. The molecule has 1 fully saturated rings. The number of hydrogen-bond acceptors (Lipinski definition) is 5. The van der Waals surface area contributed by atoms with Gasteiger partial charge >= 0.3 is 0 Å². The molecule has 3 heterocycles. The van der Waals surface area contributed by atoms with E-state index >= 15 is 0 Å². The zero-order valence-corrected chi connectivity index (χ0v) is 13.7. The Kier molecular flexibility index (Phi) is 3.86. The molecule has 0 saturated carbocycles. The van der Waals surface area contributed by atoms with E-state index in [9.17, 15) is 0 Å². The third-order valence-corrected chi connectivity index (χ3v) is 4.69. The fourth-order valence-corrected chi connectivity index (χ4v) is 3.12. The molecular weight excluding hydrogens is 300 g/mol. The lowest BCUT2D eigenvalue weighted by Gasteiger charge is -2.28. The minimum Gasteiger partial charge on any atom is -0.379 e. The number of pyridine rings is 1. The van der Waals surface area contributed by atoms with Gasteiger partial charge in [-0.1, -0.05) is 19.1 Å². The molecule has 4 rings (SSSR count). The van der Waals surface area contributed by atoms with Crippen LogP contribution in [0.4, 0.5) is 5.82 Å². The SMILES string of the molecule is CCC1(Nc2nc(-c3cccnc3)nc3ccccc23)CCOC1. The Morgan fingerprint density at radius 3 is 2.83 bits per heavy atom. The van der Waals surface area contributed by atoms with Gasteiger partial charge in [0.25, 0.3) is 0 Å². The van der Waals surface area contributed by atoms with Crippen molar-refractivity contribution < 1.29 is 4.74 Å². The lowest BCUT2D eigenvalue weighted by molar-refractivity contribution is 0.181. The van der Waals surface area contributed by atoms with Crippen LogP contribution >= 0.6 is 0 Å². The van der Waals surface area contributed by atoms with Crippen molar-refractivity contribution in [3.8, 4) is 11.4 Å². The van der Waals surface area contributed by atoms with Gasteiger partial charge in [-0.05, 0) is 37.1 Å². The topological polar surface area (TPSA) is 59.9 Å². The molecule has 1 aromatic carbocycles. The summed E-state index contributed by atoms with van der Waals surface area (Å²) in [5, 5.41) is 4.69. The van der Waals surface area contributed by atoms with E-state index < -0.39 is 0 Å². The van der Waals surface area contributed by atoms with Crippen molar-refractivity contribution in [2.24, 2.45) is 0 Å². The molecule has 2 aromatic heterocycles. The summed E-state index contributed by atoms with van der Waals surface area (Å²) in [7, 11) is 0. The first-order chi connectivity index (χ1) is 11.8. The fraction of sp³-hybridized carbons (Fsp3) is 0.316. The molecule has 0 amide bonds. The van der Waals surface area contributed by atoms with Crippen LogP contribution in [0.15, 0.2) is 48.8 Å². The average molecular weight is 320 g/mol. The van der Waals surface area contributed by atoms with Gasteiger partial charge < -0.3 is 10.1 Å². The van der Waals surface area contributed by atoms with Crippen LogP contribution in [0.2, 0.25) is 0 Å². The maximum Gasteiger partial charge on any atom is 0.163 e. The van der Waals surface area contributed by atoms with E-state index in [1.807, 2.05) is 30.3 Å². The highest BCUT2D eigenvalue weighted by Crippen LogP contribution is 2.31. The van der Waals surface area contributed by atoms with Crippen LogP contribution in [0, 0.1) is 0 Å². The van der Waals surface area contributed by atoms with Crippen LogP contribution in [0.25, 0.3) is 22.3 Å². The highest BCUT2D eigenvalue weighted by atomic mass is 16.5. The summed E-state index contributed by atoms with van der Waals surface area (Å²) in [4.78, 5) is 13.7. The molecule has 1 atom stereocenters. The van der Waals surface area contributed by atoms with Gasteiger partial charge in [0.15, 0.2) is 5.82 Å². The second-order valence-electron chi connectivity index (χ2n) is 6.22. The maximum absolute atomic E-state index is 5.63. The van der Waals surface area contributed by atoms with E-state index in [1.54, 1.807) is 12.4 Å². The minimum absolute atomic E-state index is 0.0522. The highest BCUT2D eigenvalue weighted by Gasteiger charge is 2.33. The molecule has 3 aromatic rings. The number of nitrogens with zero attached hydrogens (tertiary/aromatic N) is 3. The Balaban J connectivity index is 1.84. The molecule has 0 spiro atoms. The van der Waals surface area contributed by atoms with Gasteiger partial charge in [-0.2, -0.15) is 0 Å². The molecule has 5 nitrogen and oxygen atoms in total. The molecule has 24 heavy (non-hydrogen) atoms. The van der Waals surface area contributed by atoms with Crippen molar-refractivity contribution in [1.29, 1.82) is 0 Å². The quantitative estimate of drug-likeness (QED) is 0.795. The Bertz CT molecular complexity index is 844. The smallest absolute Gasteiger partial charge is 0.163 e. The number of aromatic nitrogens is 3. The second-order valence-corrected chi connectivity index (χ2v) is 6.22. The maximum atomic E-state index is 5.63. The molecule has 1 unspecified atom stereocenters. The molecule has 1 aliphatic rings.